The first-order valence-electron chi connectivity index (χ1n) is 6.47. The van der Waals surface area contributed by atoms with E-state index in [9.17, 15) is 0 Å². The van der Waals surface area contributed by atoms with Crippen molar-refractivity contribution in [2.75, 3.05) is 6.54 Å². The van der Waals surface area contributed by atoms with Crippen LogP contribution < -0.4 is 5.32 Å². The van der Waals surface area contributed by atoms with E-state index < -0.39 is 0 Å². The Labute approximate surface area is 103 Å². The molecule has 0 fully saturated rings. The first-order chi connectivity index (χ1) is 8.27. The van der Waals surface area contributed by atoms with E-state index in [0.29, 0.717) is 12.0 Å². The summed E-state index contributed by atoms with van der Waals surface area (Å²) in [5.74, 6) is 0.607. The van der Waals surface area contributed by atoms with E-state index in [1.165, 1.54) is 10.9 Å². The molecule has 0 saturated heterocycles. The van der Waals surface area contributed by atoms with E-state index >= 15 is 0 Å². The molecule has 1 N–H and O–H groups in total. The van der Waals surface area contributed by atoms with E-state index in [2.05, 4.69) is 38.2 Å². The van der Waals surface area contributed by atoms with Crippen molar-refractivity contribution in [3.05, 3.63) is 36.1 Å². The molecule has 2 aromatic rings. The SMILES string of the molecule is CCNC(c1coc2ccccc12)C(C)CC. The first-order valence-corrected chi connectivity index (χ1v) is 6.47. The summed E-state index contributed by atoms with van der Waals surface area (Å²) in [5, 5.41) is 4.80. The fourth-order valence-corrected chi connectivity index (χ4v) is 2.31. The van der Waals surface area contributed by atoms with Crippen LogP contribution in [0, 0.1) is 5.92 Å². The van der Waals surface area contributed by atoms with Crippen LogP contribution in [0.3, 0.4) is 0 Å². The van der Waals surface area contributed by atoms with Gasteiger partial charge in [-0.15, -0.1) is 0 Å². The number of fused-ring (bicyclic) bond motifs is 1. The van der Waals surface area contributed by atoms with E-state index in [1.54, 1.807) is 0 Å². The largest absolute Gasteiger partial charge is 0.464 e. The quantitative estimate of drug-likeness (QED) is 0.837. The Morgan fingerprint density at radius 1 is 1.24 bits per heavy atom. The van der Waals surface area contributed by atoms with Gasteiger partial charge >= 0.3 is 0 Å². The lowest BCUT2D eigenvalue weighted by Crippen LogP contribution is -2.26. The van der Waals surface area contributed by atoms with Gasteiger partial charge in [0.25, 0.3) is 0 Å². The minimum absolute atomic E-state index is 0.383. The predicted molar refractivity (Wildman–Crippen MR) is 72.1 cm³/mol. The second-order valence-corrected chi connectivity index (χ2v) is 4.61. The summed E-state index contributed by atoms with van der Waals surface area (Å²) in [6, 6.07) is 8.63. The Bertz CT molecular complexity index is 474. The first kappa shape index (κ1) is 12.2. The third-order valence-electron chi connectivity index (χ3n) is 3.48. The van der Waals surface area contributed by atoms with Crippen molar-refractivity contribution in [3.63, 3.8) is 0 Å². The molecule has 2 nitrogen and oxygen atoms in total. The van der Waals surface area contributed by atoms with Gasteiger partial charge in [0.05, 0.1) is 6.26 Å². The van der Waals surface area contributed by atoms with Gasteiger partial charge in [-0.2, -0.15) is 0 Å². The molecule has 0 radical (unpaired) electrons. The second-order valence-electron chi connectivity index (χ2n) is 4.61. The van der Waals surface area contributed by atoms with Gasteiger partial charge < -0.3 is 9.73 Å². The summed E-state index contributed by atoms with van der Waals surface area (Å²) in [7, 11) is 0. The lowest BCUT2D eigenvalue weighted by molar-refractivity contribution is 0.382. The van der Waals surface area contributed by atoms with Gasteiger partial charge in [-0.05, 0) is 18.5 Å². The van der Waals surface area contributed by atoms with Crippen molar-refractivity contribution >= 4 is 11.0 Å². The highest BCUT2D eigenvalue weighted by atomic mass is 16.3. The highest BCUT2D eigenvalue weighted by Crippen LogP contribution is 2.31. The van der Waals surface area contributed by atoms with Crippen LogP contribution in [-0.4, -0.2) is 6.54 Å². The van der Waals surface area contributed by atoms with Crippen LogP contribution in [0.25, 0.3) is 11.0 Å². The molecule has 0 amide bonds. The van der Waals surface area contributed by atoms with Crippen LogP contribution in [0.4, 0.5) is 0 Å². The molecule has 2 atom stereocenters. The number of para-hydroxylation sites is 1. The topological polar surface area (TPSA) is 25.2 Å². The lowest BCUT2D eigenvalue weighted by atomic mass is 9.92. The summed E-state index contributed by atoms with van der Waals surface area (Å²) >= 11 is 0. The molecule has 92 valence electrons. The third-order valence-corrected chi connectivity index (χ3v) is 3.48. The molecule has 2 heteroatoms. The Morgan fingerprint density at radius 3 is 2.71 bits per heavy atom. The maximum absolute atomic E-state index is 5.63. The van der Waals surface area contributed by atoms with Crippen molar-refractivity contribution < 1.29 is 4.42 Å². The summed E-state index contributed by atoms with van der Waals surface area (Å²) in [6.45, 7) is 7.65. The fourth-order valence-electron chi connectivity index (χ4n) is 2.31. The minimum Gasteiger partial charge on any atom is -0.464 e. The van der Waals surface area contributed by atoms with E-state index in [1.807, 2.05) is 18.4 Å². The number of hydrogen-bond donors (Lipinski definition) is 1. The van der Waals surface area contributed by atoms with E-state index in [4.69, 9.17) is 4.42 Å². The third kappa shape index (κ3) is 2.37. The molecule has 0 spiro atoms. The zero-order chi connectivity index (χ0) is 12.3. The zero-order valence-electron chi connectivity index (χ0n) is 10.9. The van der Waals surface area contributed by atoms with E-state index in [-0.39, 0.29) is 0 Å². The molecule has 1 heterocycles. The smallest absolute Gasteiger partial charge is 0.134 e. The van der Waals surface area contributed by atoms with Crippen molar-refractivity contribution in [1.29, 1.82) is 0 Å². The summed E-state index contributed by atoms with van der Waals surface area (Å²) in [6.07, 6.45) is 3.07. The molecule has 0 aliphatic heterocycles. The Morgan fingerprint density at radius 2 is 2.00 bits per heavy atom. The molecule has 2 rings (SSSR count). The van der Waals surface area contributed by atoms with Crippen LogP contribution in [-0.2, 0) is 0 Å². The number of hydrogen-bond acceptors (Lipinski definition) is 2. The van der Waals surface area contributed by atoms with Crippen molar-refractivity contribution in [2.24, 2.45) is 5.92 Å². The lowest BCUT2D eigenvalue weighted by Gasteiger charge is -2.23. The minimum atomic E-state index is 0.383. The van der Waals surface area contributed by atoms with Crippen molar-refractivity contribution in [1.82, 2.24) is 5.32 Å². The molecule has 0 bridgehead atoms. The monoisotopic (exact) mass is 231 g/mol. The molecule has 17 heavy (non-hydrogen) atoms. The van der Waals surface area contributed by atoms with E-state index in [0.717, 1.165) is 18.5 Å². The maximum atomic E-state index is 5.63. The van der Waals surface area contributed by atoms with Crippen LogP contribution in [0.2, 0.25) is 0 Å². The van der Waals surface area contributed by atoms with Gasteiger partial charge in [-0.25, -0.2) is 0 Å². The summed E-state index contributed by atoms with van der Waals surface area (Å²) < 4.78 is 5.63. The van der Waals surface area contributed by atoms with Gasteiger partial charge in [-0.1, -0.05) is 45.4 Å². The van der Waals surface area contributed by atoms with Crippen LogP contribution in [0.1, 0.15) is 38.8 Å². The standard InChI is InChI=1S/C15H21NO/c1-4-11(3)15(16-5-2)13-10-17-14-9-7-6-8-12(13)14/h6-11,15-16H,4-5H2,1-3H3. The Hall–Kier alpha value is -1.28. The molecule has 0 aliphatic rings. The predicted octanol–water partition coefficient (Wildman–Crippen LogP) is 4.13. The van der Waals surface area contributed by atoms with Crippen molar-refractivity contribution in [2.45, 2.75) is 33.2 Å². The van der Waals surface area contributed by atoms with Gasteiger partial charge in [-0.3, -0.25) is 0 Å². The molecule has 2 unspecified atom stereocenters. The van der Waals surface area contributed by atoms with Gasteiger partial charge in [0.2, 0.25) is 0 Å². The average Bonchev–Trinajstić information content (AvgIpc) is 2.79. The average molecular weight is 231 g/mol. The number of benzene rings is 1. The molecule has 0 aliphatic carbocycles. The normalized spacial score (nSPS) is 15.0. The van der Waals surface area contributed by atoms with Crippen LogP contribution >= 0.6 is 0 Å². The van der Waals surface area contributed by atoms with Crippen molar-refractivity contribution in [3.8, 4) is 0 Å². The fraction of sp³-hybridized carbons (Fsp3) is 0.467. The summed E-state index contributed by atoms with van der Waals surface area (Å²) in [5.41, 5.74) is 2.27. The molecular weight excluding hydrogens is 210 g/mol. The zero-order valence-corrected chi connectivity index (χ0v) is 10.9. The number of nitrogens with one attached hydrogen (secondary N) is 1. The highest BCUT2D eigenvalue weighted by Gasteiger charge is 2.20. The second kappa shape index (κ2) is 5.37. The maximum Gasteiger partial charge on any atom is 0.134 e. The summed E-state index contributed by atoms with van der Waals surface area (Å²) in [4.78, 5) is 0. The van der Waals surface area contributed by atoms with Gasteiger partial charge in [0.1, 0.15) is 5.58 Å². The van der Waals surface area contributed by atoms with Gasteiger partial charge in [0.15, 0.2) is 0 Å². The Kier molecular flexibility index (Phi) is 3.85. The molecular formula is C15H21NO. The molecule has 0 saturated carbocycles. The highest BCUT2D eigenvalue weighted by molar-refractivity contribution is 5.81. The van der Waals surface area contributed by atoms with Crippen LogP contribution in [0.15, 0.2) is 34.9 Å². The molecule has 1 aromatic carbocycles. The molecule has 1 aromatic heterocycles. The Balaban J connectivity index is 2.41. The number of rotatable bonds is 5. The number of furan rings is 1. The van der Waals surface area contributed by atoms with Crippen LogP contribution in [0.5, 0.6) is 0 Å². The van der Waals surface area contributed by atoms with Gasteiger partial charge in [0, 0.05) is 17.0 Å².